The highest BCUT2D eigenvalue weighted by atomic mass is 16.6. The summed E-state index contributed by atoms with van der Waals surface area (Å²) in [7, 11) is 4.28. The molecule has 116 valence electrons. The van der Waals surface area contributed by atoms with Gasteiger partial charge in [0.1, 0.15) is 12.1 Å². The van der Waals surface area contributed by atoms with Crippen molar-refractivity contribution >= 4 is 11.7 Å². The maximum Gasteiger partial charge on any atom is 0.329 e. The van der Waals surface area contributed by atoms with E-state index in [2.05, 4.69) is 5.32 Å². The number of carbonyl (C=O) groups excluding carboxylic acids is 1. The zero-order valence-corrected chi connectivity index (χ0v) is 12.3. The molecular formula is C13H18N2O6. The lowest BCUT2D eigenvalue weighted by molar-refractivity contribution is -0.385. The molecule has 0 aliphatic rings. The number of likely N-dealkylation sites (N-methyl/N-ethyl adjacent to an activating group) is 1. The molecule has 0 saturated carbocycles. The standard InChI is InChI=1S/C13H18N2O6/c1-13(14-2,12(16)20-4)8-21-11-7-9(15(17)18)5-6-10(11)19-3/h5-7,14H,8H2,1-4H3. The Kier molecular flexibility index (Phi) is 5.48. The van der Waals surface area contributed by atoms with Crippen LogP contribution in [0.4, 0.5) is 5.69 Å². The molecule has 1 atom stereocenters. The van der Waals surface area contributed by atoms with E-state index >= 15 is 0 Å². The van der Waals surface area contributed by atoms with Gasteiger partial charge in [-0.25, -0.2) is 4.79 Å². The van der Waals surface area contributed by atoms with Gasteiger partial charge in [0.15, 0.2) is 11.5 Å². The van der Waals surface area contributed by atoms with Crippen molar-refractivity contribution in [1.29, 1.82) is 0 Å². The van der Waals surface area contributed by atoms with Gasteiger partial charge in [-0.05, 0) is 20.0 Å². The van der Waals surface area contributed by atoms with Gasteiger partial charge < -0.3 is 19.5 Å². The van der Waals surface area contributed by atoms with Gasteiger partial charge in [-0.15, -0.1) is 0 Å². The monoisotopic (exact) mass is 298 g/mol. The summed E-state index contributed by atoms with van der Waals surface area (Å²) in [6.45, 7) is 1.52. The van der Waals surface area contributed by atoms with Gasteiger partial charge in [0, 0.05) is 6.07 Å². The van der Waals surface area contributed by atoms with Crippen LogP contribution in [-0.2, 0) is 9.53 Å². The highest BCUT2D eigenvalue weighted by Gasteiger charge is 2.34. The van der Waals surface area contributed by atoms with Crippen LogP contribution in [0, 0.1) is 10.1 Å². The van der Waals surface area contributed by atoms with Crippen molar-refractivity contribution in [2.24, 2.45) is 0 Å². The molecule has 0 radical (unpaired) electrons. The highest BCUT2D eigenvalue weighted by Crippen LogP contribution is 2.31. The number of methoxy groups -OCH3 is 2. The number of rotatable bonds is 7. The van der Waals surface area contributed by atoms with Crippen LogP contribution in [-0.4, -0.2) is 44.3 Å². The summed E-state index contributed by atoms with van der Waals surface area (Å²) < 4.78 is 15.3. The number of nitrogens with one attached hydrogen (secondary N) is 1. The van der Waals surface area contributed by atoms with Crippen LogP contribution in [0.25, 0.3) is 0 Å². The maximum absolute atomic E-state index is 11.7. The SMILES string of the molecule is CNC(C)(COc1cc([N+](=O)[O-])ccc1OC)C(=O)OC. The molecule has 8 nitrogen and oxygen atoms in total. The molecule has 1 unspecified atom stereocenters. The van der Waals surface area contributed by atoms with Crippen LogP contribution in [0.15, 0.2) is 18.2 Å². The molecule has 1 aromatic carbocycles. The van der Waals surface area contributed by atoms with Gasteiger partial charge in [-0.1, -0.05) is 0 Å². The Hall–Kier alpha value is -2.35. The van der Waals surface area contributed by atoms with E-state index in [0.29, 0.717) is 5.75 Å². The van der Waals surface area contributed by atoms with Gasteiger partial charge in [0.2, 0.25) is 0 Å². The molecule has 0 spiro atoms. The van der Waals surface area contributed by atoms with Crippen molar-refractivity contribution in [1.82, 2.24) is 5.32 Å². The molecule has 21 heavy (non-hydrogen) atoms. The van der Waals surface area contributed by atoms with Crippen molar-refractivity contribution in [2.75, 3.05) is 27.9 Å². The Morgan fingerprint density at radius 3 is 2.52 bits per heavy atom. The van der Waals surface area contributed by atoms with E-state index < -0.39 is 16.4 Å². The molecule has 0 amide bonds. The van der Waals surface area contributed by atoms with Gasteiger partial charge in [0.05, 0.1) is 25.2 Å². The Bertz CT molecular complexity index is 533. The van der Waals surface area contributed by atoms with Gasteiger partial charge in [0.25, 0.3) is 5.69 Å². The average Bonchev–Trinajstić information content (AvgIpc) is 2.51. The predicted octanol–water partition coefficient (Wildman–Crippen LogP) is 1.13. The molecule has 0 saturated heterocycles. The first-order valence-electron chi connectivity index (χ1n) is 6.10. The zero-order chi connectivity index (χ0) is 16.0. The van der Waals surface area contributed by atoms with Crippen LogP contribution in [0.3, 0.4) is 0 Å². The van der Waals surface area contributed by atoms with Crippen molar-refractivity contribution in [3.05, 3.63) is 28.3 Å². The molecule has 1 rings (SSSR count). The second-order valence-corrected chi connectivity index (χ2v) is 4.45. The third-order valence-electron chi connectivity index (χ3n) is 3.06. The number of nitrogens with zero attached hydrogens (tertiary/aromatic N) is 1. The van der Waals surface area contributed by atoms with Crippen molar-refractivity contribution < 1.29 is 23.9 Å². The number of non-ortho nitro benzene ring substituents is 1. The number of benzene rings is 1. The molecule has 1 N–H and O–H groups in total. The van der Waals surface area contributed by atoms with E-state index in [-0.39, 0.29) is 18.0 Å². The van der Waals surface area contributed by atoms with Gasteiger partial charge >= 0.3 is 5.97 Å². The van der Waals surface area contributed by atoms with E-state index in [0.717, 1.165) is 0 Å². The summed E-state index contributed by atoms with van der Waals surface area (Å²) in [6.07, 6.45) is 0. The molecule has 8 heteroatoms. The van der Waals surface area contributed by atoms with Crippen LogP contribution in [0.1, 0.15) is 6.92 Å². The highest BCUT2D eigenvalue weighted by molar-refractivity contribution is 5.80. The predicted molar refractivity (Wildman–Crippen MR) is 74.6 cm³/mol. The fourth-order valence-electron chi connectivity index (χ4n) is 1.57. The largest absolute Gasteiger partial charge is 0.493 e. The summed E-state index contributed by atoms with van der Waals surface area (Å²) >= 11 is 0. The van der Waals surface area contributed by atoms with E-state index in [1.54, 1.807) is 14.0 Å². The summed E-state index contributed by atoms with van der Waals surface area (Å²) in [4.78, 5) is 22.0. The minimum Gasteiger partial charge on any atom is -0.493 e. The van der Waals surface area contributed by atoms with E-state index in [1.807, 2.05) is 0 Å². The summed E-state index contributed by atoms with van der Waals surface area (Å²) in [6, 6.07) is 3.98. The van der Waals surface area contributed by atoms with Crippen LogP contribution in [0.2, 0.25) is 0 Å². The molecule has 0 aromatic heterocycles. The normalized spacial score (nSPS) is 13.1. The Morgan fingerprint density at radius 1 is 1.38 bits per heavy atom. The summed E-state index contributed by atoms with van der Waals surface area (Å²) in [5.74, 6) is 0.00962. The van der Waals surface area contributed by atoms with E-state index in [4.69, 9.17) is 14.2 Å². The lowest BCUT2D eigenvalue weighted by Gasteiger charge is -2.26. The fourth-order valence-corrected chi connectivity index (χ4v) is 1.57. The Labute approximate surface area is 122 Å². The van der Waals surface area contributed by atoms with Crippen molar-refractivity contribution in [2.45, 2.75) is 12.5 Å². The Morgan fingerprint density at radius 2 is 2.05 bits per heavy atom. The molecule has 0 heterocycles. The van der Waals surface area contributed by atoms with Crippen LogP contribution >= 0.6 is 0 Å². The number of nitro benzene ring substituents is 1. The number of esters is 1. The minimum atomic E-state index is -1.08. The third-order valence-corrected chi connectivity index (χ3v) is 3.06. The molecule has 1 aromatic rings. The second-order valence-electron chi connectivity index (χ2n) is 4.45. The number of ether oxygens (including phenoxy) is 3. The fraction of sp³-hybridized carbons (Fsp3) is 0.462. The molecule has 0 bridgehead atoms. The molecule has 0 aliphatic carbocycles. The number of nitro groups is 1. The topological polar surface area (TPSA) is 99.9 Å². The van der Waals surface area contributed by atoms with Gasteiger partial charge in [-0.2, -0.15) is 0 Å². The van der Waals surface area contributed by atoms with E-state index in [9.17, 15) is 14.9 Å². The van der Waals surface area contributed by atoms with Gasteiger partial charge in [-0.3, -0.25) is 10.1 Å². The van der Waals surface area contributed by atoms with Crippen molar-refractivity contribution in [3.63, 3.8) is 0 Å². The third kappa shape index (κ3) is 3.82. The second kappa shape index (κ2) is 6.89. The molecule has 0 aliphatic heterocycles. The van der Waals surface area contributed by atoms with E-state index in [1.165, 1.54) is 32.4 Å². The number of hydrogen-bond acceptors (Lipinski definition) is 7. The quantitative estimate of drug-likeness (QED) is 0.457. The first-order valence-corrected chi connectivity index (χ1v) is 6.10. The average molecular weight is 298 g/mol. The Balaban J connectivity index is 2.98. The summed E-state index contributed by atoms with van der Waals surface area (Å²) in [5, 5.41) is 13.6. The number of hydrogen-bond donors (Lipinski definition) is 1. The first-order chi connectivity index (χ1) is 9.87. The number of carbonyl (C=O) groups is 1. The minimum absolute atomic E-state index is 0.0757. The van der Waals surface area contributed by atoms with Crippen LogP contribution in [0.5, 0.6) is 11.5 Å². The zero-order valence-electron chi connectivity index (χ0n) is 12.3. The lowest BCUT2D eigenvalue weighted by atomic mass is 10.1. The maximum atomic E-state index is 11.7. The van der Waals surface area contributed by atoms with Crippen molar-refractivity contribution in [3.8, 4) is 11.5 Å². The molecular weight excluding hydrogens is 280 g/mol. The first kappa shape index (κ1) is 16.7. The van der Waals surface area contributed by atoms with Crippen LogP contribution < -0.4 is 14.8 Å². The summed E-state index contributed by atoms with van der Waals surface area (Å²) in [5.41, 5.74) is -1.21. The smallest absolute Gasteiger partial charge is 0.329 e. The lowest BCUT2D eigenvalue weighted by Crippen LogP contribution is -2.52. The molecule has 0 fully saturated rings.